The van der Waals surface area contributed by atoms with Gasteiger partial charge in [-0.05, 0) is 52.6 Å². The number of hydrogen-bond donors (Lipinski definition) is 1. The summed E-state index contributed by atoms with van der Waals surface area (Å²) in [4.78, 5) is 2.64. The van der Waals surface area contributed by atoms with Crippen LogP contribution in [-0.2, 0) is 4.74 Å². The van der Waals surface area contributed by atoms with E-state index in [-0.39, 0.29) is 0 Å². The topological polar surface area (TPSA) is 24.5 Å². The average Bonchev–Trinajstić information content (AvgIpc) is 2.37. The van der Waals surface area contributed by atoms with Gasteiger partial charge in [0.15, 0.2) is 0 Å². The number of nitrogens with zero attached hydrogens (tertiary/aromatic N) is 1. The fourth-order valence-electron chi connectivity index (χ4n) is 3.01. The third-order valence-electron chi connectivity index (χ3n) is 4.20. The first-order valence-corrected chi connectivity index (χ1v) is 7.34. The van der Waals surface area contributed by atoms with Crippen molar-refractivity contribution in [3.8, 4) is 0 Å². The second kappa shape index (κ2) is 6.72. The van der Waals surface area contributed by atoms with Gasteiger partial charge in [-0.3, -0.25) is 4.90 Å². The van der Waals surface area contributed by atoms with Gasteiger partial charge in [-0.2, -0.15) is 0 Å². The van der Waals surface area contributed by atoms with Crippen LogP contribution >= 0.6 is 0 Å². The Morgan fingerprint density at radius 2 is 2.06 bits per heavy atom. The van der Waals surface area contributed by atoms with Crippen molar-refractivity contribution in [2.75, 3.05) is 26.2 Å². The number of rotatable bonds is 4. The zero-order valence-electron chi connectivity index (χ0n) is 11.5. The molecule has 0 aromatic rings. The molecule has 2 aliphatic rings. The lowest BCUT2D eigenvalue weighted by Crippen LogP contribution is -2.47. The van der Waals surface area contributed by atoms with Crippen molar-refractivity contribution in [2.24, 2.45) is 0 Å². The van der Waals surface area contributed by atoms with E-state index in [0.29, 0.717) is 18.2 Å². The van der Waals surface area contributed by atoms with Crippen molar-refractivity contribution < 1.29 is 4.74 Å². The molecule has 100 valence electrons. The van der Waals surface area contributed by atoms with E-state index in [4.69, 9.17) is 4.74 Å². The van der Waals surface area contributed by atoms with Crippen LogP contribution in [0.25, 0.3) is 0 Å². The summed E-state index contributed by atoms with van der Waals surface area (Å²) in [5, 5.41) is 3.73. The van der Waals surface area contributed by atoms with Gasteiger partial charge in [0, 0.05) is 25.2 Å². The van der Waals surface area contributed by atoms with Crippen molar-refractivity contribution in [2.45, 2.75) is 64.1 Å². The summed E-state index contributed by atoms with van der Waals surface area (Å²) in [6, 6.07) is 1.36. The Balaban J connectivity index is 1.66. The average molecular weight is 240 g/mol. The Kier molecular flexibility index (Phi) is 5.26. The van der Waals surface area contributed by atoms with Gasteiger partial charge in [-0.15, -0.1) is 0 Å². The fraction of sp³-hybridized carbons (Fsp3) is 1.00. The van der Waals surface area contributed by atoms with Gasteiger partial charge < -0.3 is 10.1 Å². The van der Waals surface area contributed by atoms with Gasteiger partial charge in [-0.1, -0.05) is 6.42 Å². The largest absolute Gasteiger partial charge is 0.378 e. The highest BCUT2D eigenvalue weighted by atomic mass is 16.5. The summed E-state index contributed by atoms with van der Waals surface area (Å²) in [5.74, 6) is 0. The molecule has 3 heteroatoms. The Morgan fingerprint density at radius 1 is 1.29 bits per heavy atom. The molecule has 0 saturated carbocycles. The van der Waals surface area contributed by atoms with Crippen LogP contribution in [0.15, 0.2) is 0 Å². The smallest absolute Gasteiger partial charge is 0.0561 e. The molecule has 2 heterocycles. The maximum atomic E-state index is 5.58. The monoisotopic (exact) mass is 240 g/mol. The van der Waals surface area contributed by atoms with E-state index < -0.39 is 0 Å². The van der Waals surface area contributed by atoms with Gasteiger partial charge in [0.1, 0.15) is 0 Å². The summed E-state index contributed by atoms with van der Waals surface area (Å²) < 4.78 is 5.58. The third-order valence-corrected chi connectivity index (χ3v) is 4.20. The normalized spacial score (nSPS) is 33.5. The summed E-state index contributed by atoms with van der Waals surface area (Å²) in [6.45, 7) is 9.21. The van der Waals surface area contributed by atoms with Gasteiger partial charge >= 0.3 is 0 Å². The van der Waals surface area contributed by atoms with Gasteiger partial charge in [0.25, 0.3) is 0 Å². The molecule has 1 N–H and O–H groups in total. The standard InChI is InChI=1S/C14H28N2O/c1-12(16-7-4-3-5-8-16)11-15-14-6-9-17-13(2)10-14/h12-15H,3-11H2,1-2H3. The maximum absolute atomic E-state index is 5.58. The molecule has 3 nitrogen and oxygen atoms in total. The van der Waals surface area contributed by atoms with Crippen LogP contribution in [0, 0.1) is 0 Å². The minimum Gasteiger partial charge on any atom is -0.378 e. The zero-order chi connectivity index (χ0) is 12.1. The summed E-state index contributed by atoms with van der Waals surface area (Å²) in [7, 11) is 0. The van der Waals surface area contributed by atoms with Gasteiger partial charge in [-0.25, -0.2) is 0 Å². The molecule has 0 amide bonds. The van der Waals surface area contributed by atoms with E-state index in [1.54, 1.807) is 0 Å². The second-order valence-corrected chi connectivity index (χ2v) is 5.76. The fourth-order valence-corrected chi connectivity index (χ4v) is 3.01. The number of ether oxygens (including phenoxy) is 1. The number of likely N-dealkylation sites (tertiary alicyclic amines) is 1. The van der Waals surface area contributed by atoms with Crippen molar-refractivity contribution in [1.82, 2.24) is 10.2 Å². The van der Waals surface area contributed by atoms with E-state index >= 15 is 0 Å². The molecular formula is C14H28N2O. The first-order chi connectivity index (χ1) is 8.25. The number of hydrogen-bond acceptors (Lipinski definition) is 3. The molecule has 2 aliphatic heterocycles. The minimum atomic E-state index is 0.437. The predicted octanol–water partition coefficient (Wildman–Crippen LogP) is 2.02. The maximum Gasteiger partial charge on any atom is 0.0561 e. The molecule has 0 radical (unpaired) electrons. The number of piperidine rings is 1. The van der Waals surface area contributed by atoms with E-state index in [9.17, 15) is 0 Å². The first kappa shape index (κ1) is 13.3. The molecule has 0 spiro atoms. The van der Waals surface area contributed by atoms with Crippen molar-refractivity contribution in [3.63, 3.8) is 0 Å². The molecule has 2 saturated heterocycles. The Bertz CT molecular complexity index is 216. The highest BCUT2D eigenvalue weighted by Gasteiger charge is 2.21. The Hall–Kier alpha value is -0.120. The highest BCUT2D eigenvalue weighted by Crippen LogP contribution is 2.15. The quantitative estimate of drug-likeness (QED) is 0.813. The molecule has 0 aromatic heterocycles. The Labute approximate surface area is 106 Å². The van der Waals surface area contributed by atoms with Crippen LogP contribution in [0.2, 0.25) is 0 Å². The van der Waals surface area contributed by atoms with Crippen molar-refractivity contribution in [3.05, 3.63) is 0 Å². The second-order valence-electron chi connectivity index (χ2n) is 5.76. The molecule has 17 heavy (non-hydrogen) atoms. The van der Waals surface area contributed by atoms with Crippen LogP contribution in [0.3, 0.4) is 0 Å². The predicted molar refractivity (Wildman–Crippen MR) is 71.3 cm³/mol. The molecule has 0 aromatic carbocycles. The zero-order valence-corrected chi connectivity index (χ0v) is 11.5. The molecule has 2 rings (SSSR count). The van der Waals surface area contributed by atoms with Crippen LogP contribution < -0.4 is 5.32 Å². The van der Waals surface area contributed by atoms with Crippen LogP contribution in [0.1, 0.15) is 46.0 Å². The molecule has 2 fully saturated rings. The van der Waals surface area contributed by atoms with E-state index in [1.165, 1.54) is 45.2 Å². The van der Waals surface area contributed by atoms with E-state index in [2.05, 4.69) is 24.1 Å². The molecular weight excluding hydrogens is 212 g/mol. The van der Waals surface area contributed by atoms with E-state index in [1.807, 2.05) is 0 Å². The molecule has 3 unspecified atom stereocenters. The molecule has 0 bridgehead atoms. The van der Waals surface area contributed by atoms with Crippen molar-refractivity contribution >= 4 is 0 Å². The number of nitrogens with one attached hydrogen (secondary N) is 1. The lowest BCUT2D eigenvalue weighted by molar-refractivity contribution is 0.0119. The minimum absolute atomic E-state index is 0.437. The Morgan fingerprint density at radius 3 is 2.76 bits per heavy atom. The van der Waals surface area contributed by atoms with E-state index in [0.717, 1.165) is 13.2 Å². The lowest BCUT2D eigenvalue weighted by atomic mass is 10.0. The summed E-state index contributed by atoms with van der Waals surface area (Å²) >= 11 is 0. The molecule has 0 aliphatic carbocycles. The first-order valence-electron chi connectivity index (χ1n) is 7.34. The molecule has 3 atom stereocenters. The third kappa shape index (κ3) is 4.23. The SMILES string of the molecule is CC1CC(NCC(C)N2CCCCC2)CCO1. The van der Waals surface area contributed by atoms with Gasteiger partial charge in [0.05, 0.1) is 6.10 Å². The highest BCUT2D eigenvalue weighted by molar-refractivity contribution is 4.79. The van der Waals surface area contributed by atoms with Crippen LogP contribution in [0.5, 0.6) is 0 Å². The van der Waals surface area contributed by atoms with Crippen LogP contribution in [-0.4, -0.2) is 49.3 Å². The summed E-state index contributed by atoms with van der Waals surface area (Å²) in [6.07, 6.45) is 6.99. The van der Waals surface area contributed by atoms with Crippen molar-refractivity contribution in [1.29, 1.82) is 0 Å². The summed E-state index contributed by atoms with van der Waals surface area (Å²) in [5.41, 5.74) is 0. The van der Waals surface area contributed by atoms with Gasteiger partial charge in [0.2, 0.25) is 0 Å². The van der Waals surface area contributed by atoms with Crippen LogP contribution in [0.4, 0.5) is 0 Å². The lowest BCUT2D eigenvalue weighted by Gasteiger charge is -2.34.